The zero-order valence-corrected chi connectivity index (χ0v) is 17.8. The van der Waals surface area contributed by atoms with Crippen molar-refractivity contribution in [3.05, 3.63) is 71.9 Å². The number of amides is 1. The molecule has 7 heteroatoms. The molecule has 0 unspecified atom stereocenters. The summed E-state index contributed by atoms with van der Waals surface area (Å²) >= 11 is 0. The first-order valence-corrected chi connectivity index (χ1v) is 9.71. The minimum Gasteiger partial charge on any atom is -0.493 e. The molecule has 0 saturated heterocycles. The predicted molar refractivity (Wildman–Crippen MR) is 119 cm³/mol. The summed E-state index contributed by atoms with van der Waals surface area (Å²) < 4.78 is 18.0. The fraction of sp³-hybridized carbons (Fsp3) is 0.167. The number of fused-ring (bicyclic) bond motifs is 1. The number of hydrogen-bond donors (Lipinski definition) is 1. The maximum absolute atomic E-state index is 13.2. The van der Waals surface area contributed by atoms with Gasteiger partial charge in [-0.05, 0) is 36.8 Å². The van der Waals surface area contributed by atoms with Crippen LogP contribution in [0, 0.1) is 6.92 Å². The Hall–Kier alpha value is -4.00. The molecule has 2 aromatic heterocycles. The van der Waals surface area contributed by atoms with Gasteiger partial charge in [-0.15, -0.1) is 0 Å². The van der Waals surface area contributed by atoms with Crippen LogP contribution in [0.4, 0.5) is 5.82 Å². The molecule has 2 aromatic carbocycles. The third-order valence-corrected chi connectivity index (χ3v) is 4.99. The van der Waals surface area contributed by atoms with Gasteiger partial charge in [0.15, 0.2) is 11.5 Å². The van der Waals surface area contributed by atoms with Gasteiger partial charge in [-0.25, -0.2) is 4.98 Å². The van der Waals surface area contributed by atoms with Gasteiger partial charge in [0.05, 0.1) is 21.3 Å². The van der Waals surface area contributed by atoms with Crippen LogP contribution >= 0.6 is 0 Å². The van der Waals surface area contributed by atoms with Crippen LogP contribution in [0.3, 0.4) is 0 Å². The maximum Gasteiger partial charge on any atom is 0.257 e. The van der Waals surface area contributed by atoms with Gasteiger partial charge >= 0.3 is 0 Å². The van der Waals surface area contributed by atoms with E-state index in [1.165, 1.54) is 21.3 Å². The molecule has 0 bridgehead atoms. The minimum atomic E-state index is -0.321. The van der Waals surface area contributed by atoms with Crippen molar-refractivity contribution in [3.8, 4) is 28.5 Å². The van der Waals surface area contributed by atoms with Gasteiger partial charge in [0.2, 0.25) is 5.75 Å². The van der Waals surface area contributed by atoms with Crippen molar-refractivity contribution in [1.29, 1.82) is 0 Å². The van der Waals surface area contributed by atoms with Gasteiger partial charge in [0, 0.05) is 17.3 Å². The number of aryl methyl sites for hydroxylation is 1. The lowest BCUT2D eigenvalue weighted by atomic mass is 10.1. The predicted octanol–water partition coefficient (Wildman–Crippen LogP) is 4.59. The van der Waals surface area contributed by atoms with Crippen LogP contribution in [-0.2, 0) is 0 Å². The van der Waals surface area contributed by atoms with Gasteiger partial charge in [0.1, 0.15) is 17.2 Å². The number of nitrogens with zero attached hydrogens (tertiary/aromatic N) is 2. The molecule has 2 heterocycles. The average molecular weight is 417 g/mol. The van der Waals surface area contributed by atoms with Crippen molar-refractivity contribution < 1.29 is 19.0 Å². The standard InChI is InChI=1S/C24H23N3O4/c1-15-10-11-27-20(12-15)25-21(16-8-6-5-7-9-16)23(27)26-24(28)17-13-18(29-2)22(31-4)19(14-17)30-3/h5-14H,1-4H3,(H,26,28). The van der Waals surface area contributed by atoms with Gasteiger partial charge in [-0.1, -0.05) is 30.3 Å². The van der Waals surface area contributed by atoms with Crippen molar-refractivity contribution in [3.63, 3.8) is 0 Å². The molecule has 1 N–H and O–H groups in total. The second kappa shape index (κ2) is 8.39. The molecule has 158 valence electrons. The average Bonchev–Trinajstić information content (AvgIpc) is 3.15. The Labute approximate surface area is 180 Å². The summed E-state index contributed by atoms with van der Waals surface area (Å²) in [5, 5.41) is 3.02. The van der Waals surface area contributed by atoms with E-state index in [9.17, 15) is 4.79 Å². The van der Waals surface area contributed by atoms with Crippen molar-refractivity contribution in [1.82, 2.24) is 9.38 Å². The molecule has 0 radical (unpaired) electrons. The molecule has 31 heavy (non-hydrogen) atoms. The van der Waals surface area contributed by atoms with Crippen LogP contribution in [0.25, 0.3) is 16.9 Å². The van der Waals surface area contributed by atoms with Gasteiger partial charge in [-0.3, -0.25) is 9.20 Å². The summed E-state index contributed by atoms with van der Waals surface area (Å²) in [6, 6.07) is 16.9. The topological polar surface area (TPSA) is 74.1 Å². The summed E-state index contributed by atoms with van der Waals surface area (Å²) in [5.74, 6) is 1.50. The Morgan fingerprint density at radius 3 is 2.23 bits per heavy atom. The number of hydrogen-bond acceptors (Lipinski definition) is 5. The quantitative estimate of drug-likeness (QED) is 0.497. The number of benzene rings is 2. The van der Waals surface area contributed by atoms with E-state index in [0.29, 0.717) is 34.3 Å². The fourth-order valence-corrected chi connectivity index (χ4v) is 3.46. The molecule has 0 saturated carbocycles. The summed E-state index contributed by atoms with van der Waals surface area (Å²) in [6.07, 6.45) is 1.90. The van der Waals surface area contributed by atoms with Crippen LogP contribution < -0.4 is 19.5 Å². The molecule has 1 amide bonds. The molecule has 0 spiro atoms. The number of rotatable bonds is 6. The highest BCUT2D eigenvalue weighted by molar-refractivity contribution is 6.06. The molecule has 0 fully saturated rings. The first-order chi connectivity index (χ1) is 15.0. The first-order valence-electron chi connectivity index (χ1n) is 9.71. The number of imidazole rings is 1. The number of aromatic nitrogens is 2. The van der Waals surface area contributed by atoms with Crippen molar-refractivity contribution in [2.45, 2.75) is 6.92 Å². The second-order valence-corrected chi connectivity index (χ2v) is 6.98. The molecule has 7 nitrogen and oxygen atoms in total. The Kier molecular flexibility index (Phi) is 5.49. The lowest BCUT2D eigenvalue weighted by Gasteiger charge is -2.14. The number of pyridine rings is 1. The van der Waals surface area contributed by atoms with E-state index in [1.807, 2.05) is 60.0 Å². The van der Waals surface area contributed by atoms with Crippen LogP contribution in [0.2, 0.25) is 0 Å². The fourth-order valence-electron chi connectivity index (χ4n) is 3.46. The number of ether oxygens (including phenoxy) is 3. The van der Waals surface area contributed by atoms with E-state index in [2.05, 4.69) is 5.32 Å². The summed E-state index contributed by atoms with van der Waals surface area (Å²) in [5.41, 5.74) is 3.80. The van der Waals surface area contributed by atoms with Crippen LogP contribution in [0.1, 0.15) is 15.9 Å². The zero-order valence-electron chi connectivity index (χ0n) is 17.8. The summed E-state index contributed by atoms with van der Waals surface area (Å²) in [4.78, 5) is 18.0. The molecule has 0 atom stereocenters. The highest BCUT2D eigenvalue weighted by Gasteiger charge is 2.20. The Bertz CT molecular complexity index is 1220. The van der Waals surface area contributed by atoms with E-state index in [1.54, 1.807) is 12.1 Å². The Morgan fingerprint density at radius 1 is 0.935 bits per heavy atom. The summed E-state index contributed by atoms with van der Waals surface area (Å²) in [7, 11) is 4.55. The maximum atomic E-state index is 13.2. The van der Waals surface area contributed by atoms with Crippen molar-refractivity contribution in [2.75, 3.05) is 26.6 Å². The molecular formula is C24H23N3O4. The van der Waals surface area contributed by atoms with E-state index >= 15 is 0 Å². The Morgan fingerprint density at radius 2 is 1.61 bits per heavy atom. The van der Waals surface area contributed by atoms with Gasteiger partial charge in [-0.2, -0.15) is 0 Å². The largest absolute Gasteiger partial charge is 0.493 e. The molecular weight excluding hydrogens is 394 g/mol. The molecule has 0 aliphatic carbocycles. The highest BCUT2D eigenvalue weighted by atomic mass is 16.5. The number of nitrogens with one attached hydrogen (secondary N) is 1. The second-order valence-electron chi connectivity index (χ2n) is 6.98. The SMILES string of the molecule is COc1cc(C(=O)Nc2c(-c3ccccc3)nc3cc(C)ccn23)cc(OC)c1OC. The van der Waals surface area contributed by atoms with Crippen LogP contribution in [0.15, 0.2) is 60.8 Å². The van der Waals surface area contributed by atoms with Crippen LogP contribution in [0.5, 0.6) is 17.2 Å². The molecule has 0 aliphatic heterocycles. The van der Waals surface area contributed by atoms with E-state index in [-0.39, 0.29) is 5.91 Å². The number of carbonyl (C=O) groups is 1. The van der Waals surface area contributed by atoms with Gasteiger partial charge in [0.25, 0.3) is 5.91 Å². The van der Waals surface area contributed by atoms with Crippen molar-refractivity contribution >= 4 is 17.4 Å². The number of carbonyl (C=O) groups excluding carboxylic acids is 1. The number of anilines is 1. The van der Waals surface area contributed by atoms with Crippen LogP contribution in [-0.4, -0.2) is 36.6 Å². The third kappa shape index (κ3) is 3.77. The lowest BCUT2D eigenvalue weighted by molar-refractivity contribution is 0.102. The number of methoxy groups -OCH3 is 3. The van der Waals surface area contributed by atoms with E-state index in [0.717, 1.165) is 16.8 Å². The summed E-state index contributed by atoms with van der Waals surface area (Å²) in [6.45, 7) is 2.00. The first kappa shape index (κ1) is 20.3. The molecule has 4 rings (SSSR count). The third-order valence-electron chi connectivity index (χ3n) is 4.99. The van der Waals surface area contributed by atoms with Gasteiger partial charge < -0.3 is 19.5 Å². The zero-order chi connectivity index (χ0) is 22.0. The molecule has 4 aromatic rings. The van der Waals surface area contributed by atoms with Crippen molar-refractivity contribution in [2.24, 2.45) is 0 Å². The Balaban J connectivity index is 1.81. The van der Waals surface area contributed by atoms with E-state index in [4.69, 9.17) is 19.2 Å². The minimum absolute atomic E-state index is 0.321. The normalized spacial score (nSPS) is 10.7. The monoisotopic (exact) mass is 417 g/mol. The molecule has 0 aliphatic rings. The smallest absolute Gasteiger partial charge is 0.257 e. The highest BCUT2D eigenvalue weighted by Crippen LogP contribution is 2.38. The lowest BCUT2D eigenvalue weighted by Crippen LogP contribution is -2.14. The van der Waals surface area contributed by atoms with E-state index < -0.39 is 0 Å².